The zero-order valence-electron chi connectivity index (χ0n) is 23.5. The van der Waals surface area contributed by atoms with Gasteiger partial charge >= 0.3 is 0 Å². The predicted molar refractivity (Wildman–Crippen MR) is 175 cm³/mol. The van der Waals surface area contributed by atoms with Crippen LogP contribution in [0.2, 0.25) is 0 Å². The Balaban J connectivity index is 1.39. The van der Waals surface area contributed by atoms with Crippen molar-refractivity contribution in [3.05, 3.63) is 162 Å². The van der Waals surface area contributed by atoms with E-state index in [1.807, 2.05) is 0 Å². The summed E-state index contributed by atoms with van der Waals surface area (Å²) >= 11 is 0. The Bertz CT molecular complexity index is 1960. The van der Waals surface area contributed by atoms with E-state index in [1.165, 1.54) is 75.3 Å². The SMILES string of the molecule is c1ccc(-c2ccccc2N2c3ccc(-c4ccccc4)c4c3C3(CCC4C3)c3cccc(-c4ccccc4)c32)cc1. The van der Waals surface area contributed by atoms with Gasteiger partial charge in [0.1, 0.15) is 0 Å². The van der Waals surface area contributed by atoms with Crippen LogP contribution in [-0.4, -0.2) is 0 Å². The van der Waals surface area contributed by atoms with Crippen molar-refractivity contribution >= 4 is 17.1 Å². The molecule has 200 valence electrons. The molecule has 0 saturated heterocycles. The smallest absolute Gasteiger partial charge is 0.0581 e. The average Bonchev–Trinajstić information content (AvgIpc) is 3.65. The molecule has 0 radical (unpaired) electrons. The highest BCUT2D eigenvalue weighted by molar-refractivity contribution is 6.00. The minimum atomic E-state index is 0.0540. The van der Waals surface area contributed by atoms with Crippen molar-refractivity contribution in [1.82, 2.24) is 0 Å². The van der Waals surface area contributed by atoms with Gasteiger partial charge in [0.15, 0.2) is 0 Å². The molecule has 9 rings (SSSR count). The second-order valence-corrected chi connectivity index (χ2v) is 12.1. The lowest BCUT2D eigenvalue weighted by atomic mass is 9.68. The quantitative estimate of drug-likeness (QED) is 0.216. The summed E-state index contributed by atoms with van der Waals surface area (Å²) in [6, 6.07) is 53.7. The van der Waals surface area contributed by atoms with Crippen LogP contribution in [0.25, 0.3) is 33.4 Å². The fourth-order valence-corrected chi connectivity index (χ4v) is 8.41. The second kappa shape index (κ2) is 9.06. The van der Waals surface area contributed by atoms with Gasteiger partial charge in [-0.05, 0) is 76.3 Å². The van der Waals surface area contributed by atoms with E-state index in [0.717, 1.165) is 0 Å². The summed E-state index contributed by atoms with van der Waals surface area (Å²) in [4.78, 5) is 2.61. The van der Waals surface area contributed by atoms with Crippen molar-refractivity contribution in [3.63, 3.8) is 0 Å². The monoisotopic (exact) mass is 537 g/mol. The molecule has 1 fully saturated rings. The zero-order valence-corrected chi connectivity index (χ0v) is 23.5. The minimum Gasteiger partial charge on any atom is -0.309 e. The van der Waals surface area contributed by atoms with E-state index in [0.29, 0.717) is 5.92 Å². The Morgan fingerprint density at radius 3 is 1.81 bits per heavy atom. The van der Waals surface area contributed by atoms with Gasteiger partial charge in [0.25, 0.3) is 0 Å². The van der Waals surface area contributed by atoms with Crippen LogP contribution >= 0.6 is 0 Å². The van der Waals surface area contributed by atoms with Crippen LogP contribution in [0, 0.1) is 0 Å². The third kappa shape index (κ3) is 3.25. The first-order chi connectivity index (χ1) is 20.8. The van der Waals surface area contributed by atoms with Gasteiger partial charge in [0.05, 0.1) is 17.1 Å². The number of anilines is 3. The summed E-state index contributed by atoms with van der Waals surface area (Å²) in [5.41, 5.74) is 16.5. The molecule has 0 aromatic heterocycles. The van der Waals surface area contributed by atoms with Gasteiger partial charge in [0, 0.05) is 16.5 Å². The maximum absolute atomic E-state index is 2.61. The lowest BCUT2D eigenvalue weighted by molar-refractivity contribution is 0.545. The molecular weight excluding hydrogens is 506 g/mol. The van der Waals surface area contributed by atoms with Crippen molar-refractivity contribution in [3.8, 4) is 33.4 Å². The molecule has 6 aromatic rings. The number of fused-ring (bicyclic) bond motifs is 3. The molecule has 2 unspecified atom stereocenters. The van der Waals surface area contributed by atoms with Crippen molar-refractivity contribution < 1.29 is 0 Å². The number of hydrogen-bond donors (Lipinski definition) is 0. The molecule has 6 aromatic carbocycles. The predicted octanol–water partition coefficient (Wildman–Crippen LogP) is 11.0. The summed E-state index contributed by atoms with van der Waals surface area (Å²) in [5, 5.41) is 0. The third-order valence-electron chi connectivity index (χ3n) is 10.0. The highest BCUT2D eigenvalue weighted by Gasteiger charge is 2.56. The first kappa shape index (κ1) is 23.8. The Morgan fingerprint density at radius 1 is 0.500 bits per heavy atom. The summed E-state index contributed by atoms with van der Waals surface area (Å²) in [6.07, 6.45) is 3.68. The molecule has 1 spiro atoms. The van der Waals surface area contributed by atoms with Crippen LogP contribution < -0.4 is 4.90 Å². The molecule has 1 heterocycles. The molecule has 0 amide bonds. The Kier molecular flexibility index (Phi) is 5.13. The van der Waals surface area contributed by atoms with Gasteiger partial charge in [-0.1, -0.05) is 133 Å². The average molecular weight is 538 g/mol. The number of para-hydroxylation sites is 2. The summed E-state index contributed by atoms with van der Waals surface area (Å²) in [6.45, 7) is 0. The highest BCUT2D eigenvalue weighted by atomic mass is 15.2. The van der Waals surface area contributed by atoms with Crippen LogP contribution in [0.4, 0.5) is 17.1 Å². The van der Waals surface area contributed by atoms with Crippen LogP contribution in [0.15, 0.2) is 146 Å². The molecule has 1 heteroatoms. The summed E-state index contributed by atoms with van der Waals surface area (Å²) < 4.78 is 0. The molecular formula is C41H31N. The van der Waals surface area contributed by atoms with E-state index in [1.54, 1.807) is 11.1 Å². The molecule has 2 aliphatic carbocycles. The minimum absolute atomic E-state index is 0.0540. The van der Waals surface area contributed by atoms with Crippen molar-refractivity contribution in [2.24, 2.45) is 0 Å². The summed E-state index contributed by atoms with van der Waals surface area (Å²) in [7, 11) is 0. The lowest BCUT2D eigenvalue weighted by Gasteiger charge is -2.45. The molecule has 1 aliphatic heterocycles. The fraction of sp³-hybridized carbons (Fsp3) is 0.122. The van der Waals surface area contributed by atoms with Crippen LogP contribution in [0.5, 0.6) is 0 Å². The molecule has 1 nitrogen and oxygen atoms in total. The second-order valence-electron chi connectivity index (χ2n) is 12.1. The fourth-order valence-electron chi connectivity index (χ4n) is 8.41. The van der Waals surface area contributed by atoms with Gasteiger partial charge in [-0.25, -0.2) is 0 Å². The largest absolute Gasteiger partial charge is 0.309 e. The van der Waals surface area contributed by atoms with E-state index in [-0.39, 0.29) is 5.41 Å². The van der Waals surface area contributed by atoms with Gasteiger partial charge in [-0.15, -0.1) is 0 Å². The van der Waals surface area contributed by atoms with Crippen LogP contribution in [-0.2, 0) is 5.41 Å². The van der Waals surface area contributed by atoms with Crippen molar-refractivity contribution in [2.45, 2.75) is 30.6 Å². The van der Waals surface area contributed by atoms with E-state index >= 15 is 0 Å². The van der Waals surface area contributed by atoms with E-state index in [2.05, 4.69) is 150 Å². The standard InChI is InChI=1S/C41H31N/c1-4-13-28(14-5-1)32-19-10-11-22-36(32)42-37-24-23-33(29-15-6-2-7-16-29)38-31-25-26-41(27-31,39(37)38)35-21-12-20-34(40(35)42)30-17-8-3-9-18-30/h1-24,31H,25-27H2. The molecule has 42 heavy (non-hydrogen) atoms. The highest BCUT2D eigenvalue weighted by Crippen LogP contribution is 2.69. The zero-order chi connectivity index (χ0) is 27.7. The van der Waals surface area contributed by atoms with E-state index < -0.39 is 0 Å². The topological polar surface area (TPSA) is 3.24 Å². The normalized spacial score (nSPS) is 19.4. The molecule has 0 N–H and O–H groups in total. The van der Waals surface area contributed by atoms with Gasteiger partial charge in [-0.2, -0.15) is 0 Å². The first-order valence-electron chi connectivity index (χ1n) is 15.2. The number of nitrogens with zero attached hydrogens (tertiary/aromatic N) is 1. The first-order valence-corrected chi connectivity index (χ1v) is 15.2. The molecule has 2 bridgehead atoms. The maximum atomic E-state index is 2.61. The molecule has 3 aliphatic rings. The van der Waals surface area contributed by atoms with Gasteiger partial charge in [0.2, 0.25) is 0 Å². The number of hydrogen-bond acceptors (Lipinski definition) is 1. The van der Waals surface area contributed by atoms with E-state index in [4.69, 9.17) is 0 Å². The lowest BCUT2D eigenvalue weighted by Crippen LogP contribution is -2.33. The van der Waals surface area contributed by atoms with Crippen molar-refractivity contribution in [2.75, 3.05) is 4.90 Å². The van der Waals surface area contributed by atoms with Gasteiger partial charge < -0.3 is 4.90 Å². The Morgan fingerprint density at radius 2 is 1.10 bits per heavy atom. The van der Waals surface area contributed by atoms with Crippen molar-refractivity contribution in [1.29, 1.82) is 0 Å². The maximum Gasteiger partial charge on any atom is 0.0581 e. The number of rotatable bonds is 4. The van der Waals surface area contributed by atoms with Crippen LogP contribution in [0.1, 0.15) is 41.9 Å². The molecule has 1 saturated carbocycles. The Hall–Kier alpha value is -4.88. The third-order valence-corrected chi connectivity index (χ3v) is 10.0. The Labute approximate surface area is 247 Å². The molecule has 2 atom stereocenters. The van der Waals surface area contributed by atoms with E-state index in [9.17, 15) is 0 Å². The van der Waals surface area contributed by atoms with Crippen LogP contribution in [0.3, 0.4) is 0 Å². The van der Waals surface area contributed by atoms with Gasteiger partial charge in [-0.3, -0.25) is 0 Å². The summed E-state index contributed by atoms with van der Waals surface area (Å²) in [5.74, 6) is 0.590. The number of benzene rings is 6.